The zero-order chi connectivity index (χ0) is 14.5. The van der Waals surface area contributed by atoms with Gasteiger partial charge in [0.15, 0.2) is 0 Å². The molecule has 1 aromatic heterocycles. The molecule has 3 N–H and O–H groups in total. The van der Waals surface area contributed by atoms with E-state index in [2.05, 4.69) is 4.98 Å². The molecule has 1 heterocycles. The molecule has 0 spiro atoms. The van der Waals surface area contributed by atoms with Gasteiger partial charge in [0.2, 0.25) is 0 Å². The summed E-state index contributed by atoms with van der Waals surface area (Å²) in [5.41, 5.74) is 7.60. The minimum absolute atomic E-state index is 0.140. The van der Waals surface area contributed by atoms with E-state index in [9.17, 15) is 4.39 Å². The fraction of sp³-hybridized carbons (Fsp3) is 0.200. The van der Waals surface area contributed by atoms with Gasteiger partial charge in [0.05, 0.1) is 12.2 Å². The summed E-state index contributed by atoms with van der Waals surface area (Å²) in [6, 6.07) is 10.0. The van der Waals surface area contributed by atoms with Crippen LogP contribution in [0.5, 0.6) is 0 Å². The molecule has 4 nitrogen and oxygen atoms in total. The lowest BCUT2D eigenvalue weighted by Crippen LogP contribution is -2.26. The Labute approximate surface area is 117 Å². The smallest absolute Gasteiger partial charge is 0.125 e. The van der Waals surface area contributed by atoms with E-state index in [0.29, 0.717) is 18.7 Å². The van der Waals surface area contributed by atoms with Crippen molar-refractivity contribution >= 4 is 11.5 Å². The predicted molar refractivity (Wildman–Crippen MR) is 78.4 cm³/mol. The van der Waals surface area contributed by atoms with Gasteiger partial charge in [-0.3, -0.25) is 10.4 Å². The Morgan fingerprint density at radius 3 is 2.75 bits per heavy atom. The summed E-state index contributed by atoms with van der Waals surface area (Å²) < 4.78 is 13.3. The van der Waals surface area contributed by atoms with Gasteiger partial charge in [-0.05, 0) is 37.3 Å². The van der Waals surface area contributed by atoms with Crippen molar-refractivity contribution in [3.05, 3.63) is 59.7 Å². The predicted octanol–water partition coefficient (Wildman–Crippen LogP) is 2.53. The Balaban J connectivity index is 2.34. The molecular weight excluding hydrogens is 255 g/mol. The number of pyridine rings is 1. The van der Waals surface area contributed by atoms with Gasteiger partial charge in [-0.15, -0.1) is 0 Å². The maximum atomic E-state index is 13.3. The van der Waals surface area contributed by atoms with Crippen molar-refractivity contribution in [2.45, 2.75) is 13.5 Å². The molecule has 0 aliphatic heterocycles. The van der Waals surface area contributed by atoms with Crippen LogP contribution in [-0.4, -0.2) is 17.4 Å². The molecule has 0 unspecified atom stereocenters. The third-order valence-corrected chi connectivity index (χ3v) is 3.05. The Bertz CT molecular complexity index is 598. The van der Waals surface area contributed by atoms with E-state index in [-0.39, 0.29) is 5.84 Å². The van der Waals surface area contributed by atoms with Crippen LogP contribution in [0.25, 0.3) is 0 Å². The topological polar surface area (TPSA) is 66.0 Å². The van der Waals surface area contributed by atoms with Crippen LogP contribution in [-0.2, 0) is 6.54 Å². The molecule has 104 valence electrons. The number of nitrogens with one attached hydrogen (secondary N) is 1. The lowest BCUT2D eigenvalue weighted by molar-refractivity contribution is 0.627. The average Bonchev–Trinajstić information content (AvgIpc) is 2.46. The number of nitrogens with two attached hydrogens (primary N) is 1. The lowest BCUT2D eigenvalue weighted by Gasteiger charge is -2.25. The number of aromatic nitrogens is 1. The number of hydrogen-bond acceptors (Lipinski definition) is 3. The van der Waals surface area contributed by atoms with Crippen LogP contribution in [0.3, 0.4) is 0 Å². The number of hydrogen-bond donors (Lipinski definition) is 2. The number of amidine groups is 1. The first-order valence-corrected chi connectivity index (χ1v) is 6.40. The molecule has 2 aromatic rings. The van der Waals surface area contributed by atoms with Crippen molar-refractivity contribution in [1.82, 2.24) is 4.98 Å². The highest BCUT2D eigenvalue weighted by molar-refractivity contribution is 6.00. The third-order valence-electron chi connectivity index (χ3n) is 3.05. The van der Waals surface area contributed by atoms with Gasteiger partial charge in [0, 0.05) is 24.0 Å². The highest BCUT2D eigenvalue weighted by Crippen LogP contribution is 2.22. The van der Waals surface area contributed by atoms with E-state index in [1.54, 1.807) is 12.3 Å². The third kappa shape index (κ3) is 3.12. The molecular formula is C15H17FN4. The van der Waals surface area contributed by atoms with E-state index >= 15 is 0 Å². The minimum Gasteiger partial charge on any atom is -0.384 e. The molecule has 0 radical (unpaired) electrons. The summed E-state index contributed by atoms with van der Waals surface area (Å²) in [6.07, 6.45) is 1.74. The Hall–Kier alpha value is -2.43. The van der Waals surface area contributed by atoms with Crippen LogP contribution in [0.15, 0.2) is 42.6 Å². The monoisotopic (exact) mass is 272 g/mol. The first-order chi connectivity index (χ1) is 9.61. The summed E-state index contributed by atoms with van der Waals surface area (Å²) >= 11 is 0. The van der Waals surface area contributed by atoms with Gasteiger partial charge < -0.3 is 10.6 Å². The summed E-state index contributed by atoms with van der Waals surface area (Å²) in [5.74, 6) is -0.535. The number of anilines is 1. The quantitative estimate of drug-likeness (QED) is 0.649. The molecule has 0 aliphatic rings. The van der Waals surface area contributed by atoms with E-state index in [1.165, 1.54) is 12.1 Å². The Morgan fingerprint density at radius 1 is 1.35 bits per heavy atom. The molecule has 0 fully saturated rings. The van der Waals surface area contributed by atoms with E-state index in [0.717, 1.165) is 11.4 Å². The maximum absolute atomic E-state index is 13.3. The molecule has 0 aliphatic carbocycles. The fourth-order valence-electron chi connectivity index (χ4n) is 2.05. The second kappa shape index (κ2) is 6.14. The molecule has 1 aromatic carbocycles. The second-order valence-corrected chi connectivity index (χ2v) is 4.41. The normalized spacial score (nSPS) is 10.3. The first-order valence-electron chi connectivity index (χ1n) is 6.40. The lowest BCUT2D eigenvalue weighted by atomic mass is 10.1. The van der Waals surface area contributed by atoms with Crippen LogP contribution < -0.4 is 10.6 Å². The van der Waals surface area contributed by atoms with Crippen molar-refractivity contribution < 1.29 is 4.39 Å². The number of rotatable bonds is 5. The molecule has 0 saturated heterocycles. The van der Waals surface area contributed by atoms with Crippen LogP contribution in [0, 0.1) is 11.2 Å². The van der Waals surface area contributed by atoms with Crippen LogP contribution >= 0.6 is 0 Å². The highest BCUT2D eigenvalue weighted by Gasteiger charge is 2.13. The first kappa shape index (κ1) is 14.0. The number of nitrogens with zero attached hydrogens (tertiary/aromatic N) is 2. The summed E-state index contributed by atoms with van der Waals surface area (Å²) in [6.45, 7) is 3.29. The fourth-order valence-corrected chi connectivity index (χ4v) is 2.05. The van der Waals surface area contributed by atoms with Crippen molar-refractivity contribution in [3.8, 4) is 0 Å². The molecule has 5 heteroatoms. The maximum Gasteiger partial charge on any atom is 0.125 e. The van der Waals surface area contributed by atoms with Crippen LogP contribution in [0.2, 0.25) is 0 Å². The second-order valence-electron chi connectivity index (χ2n) is 4.41. The highest BCUT2D eigenvalue weighted by atomic mass is 19.1. The summed E-state index contributed by atoms with van der Waals surface area (Å²) in [4.78, 5) is 6.30. The number of halogens is 1. The summed E-state index contributed by atoms with van der Waals surface area (Å²) in [5, 5.41) is 7.59. The van der Waals surface area contributed by atoms with Gasteiger partial charge in [0.25, 0.3) is 0 Å². The zero-order valence-electron chi connectivity index (χ0n) is 11.3. The van der Waals surface area contributed by atoms with Gasteiger partial charge in [-0.1, -0.05) is 6.07 Å². The van der Waals surface area contributed by atoms with E-state index < -0.39 is 5.82 Å². The molecule has 0 amide bonds. The van der Waals surface area contributed by atoms with Crippen molar-refractivity contribution in [1.29, 1.82) is 5.41 Å². The largest absolute Gasteiger partial charge is 0.384 e. The van der Waals surface area contributed by atoms with Gasteiger partial charge >= 0.3 is 0 Å². The SMILES string of the molecule is CCN(Cc1ccccn1)c1ccc(F)cc1C(=N)N. The standard InChI is InChI=1S/C15H17FN4/c1-2-20(10-12-5-3-4-8-19-12)14-7-6-11(16)9-13(14)15(17)18/h3-9H,2,10H2,1H3,(H3,17,18). The van der Waals surface area contributed by atoms with Crippen molar-refractivity contribution in [2.24, 2.45) is 5.73 Å². The number of nitrogen functional groups attached to an aromatic ring is 1. The molecule has 0 bridgehead atoms. The van der Waals surface area contributed by atoms with E-state index in [1.807, 2.05) is 30.0 Å². The Kier molecular flexibility index (Phi) is 4.30. The molecule has 20 heavy (non-hydrogen) atoms. The molecule has 0 atom stereocenters. The Morgan fingerprint density at radius 2 is 2.15 bits per heavy atom. The van der Waals surface area contributed by atoms with Gasteiger partial charge in [0.1, 0.15) is 11.7 Å². The van der Waals surface area contributed by atoms with Gasteiger partial charge in [-0.2, -0.15) is 0 Å². The molecule has 2 rings (SSSR count). The average molecular weight is 272 g/mol. The minimum atomic E-state index is -0.396. The van der Waals surface area contributed by atoms with Crippen LogP contribution in [0.4, 0.5) is 10.1 Å². The summed E-state index contributed by atoms with van der Waals surface area (Å²) in [7, 11) is 0. The van der Waals surface area contributed by atoms with Gasteiger partial charge in [-0.25, -0.2) is 4.39 Å². The van der Waals surface area contributed by atoms with Crippen molar-refractivity contribution in [2.75, 3.05) is 11.4 Å². The van der Waals surface area contributed by atoms with Crippen LogP contribution in [0.1, 0.15) is 18.2 Å². The van der Waals surface area contributed by atoms with E-state index in [4.69, 9.17) is 11.1 Å². The molecule has 0 saturated carbocycles. The zero-order valence-corrected chi connectivity index (χ0v) is 11.3. The number of benzene rings is 1. The van der Waals surface area contributed by atoms with Crippen molar-refractivity contribution in [3.63, 3.8) is 0 Å².